The number of methoxy groups -OCH3 is 1. The minimum Gasteiger partial charge on any atom is -0.495 e. The number of nitrogens with one attached hydrogen (secondary N) is 1. The Labute approximate surface area is 190 Å². The number of aryl methyl sites for hydroxylation is 1. The molecule has 1 amide bonds. The molecule has 0 atom stereocenters. The zero-order valence-electron chi connectivity index (χ0n) is 18.3. The molecule has 0 spiro atoms. The molecule has 174 valence electrons. The van der Waals surface area contributed by atoms with Gasteiger partial charge >= 0.3 is 0 Å². The molecule has 12 heteroatoms. The van der Waals surface area contributed by atoms with E-state index in [-0.39, 0.29) is 23.7 Å². The fourth-order valence-corrected chi connectivity index (χ4v) is 4.13. The Morgan fingerprint density at radius 2 is 2.00 bits per heavy atom. The lowest BCUT2D eigenvalue weighted by Gasteiger charge is -2.23. The number of imidazole rings is 1. The van der Waals surface area contributed by atoms with Gasteiger partial charge in [-0.1, -0.05) is 18.2 Å². The Morgan fingerprint density at radius 3 is 2.61 bits per heavy atom. The van der Waals surface area contributed by atoms with E-state index in [9.17, 15) is 23.3 Å². The minimum absolute atomic E-state index is 0.0831. The number of carbonyl (C=O) groups excluding carboxylic acids is 1. The molecule has 0 aliphatic heterocycles. The monoisotopic (exact) mass is 473 g/mol. The third kappa shape index (κ3) is 5.47. The number of sulfonamides is 1. The van der Waals surface area contributed by atoms with Crippen LogP contribution in [0.15, 0.2) is 54.9 Å². The number of nitro benzene ring substituents is 1. The van der Waals surface area contributed by atoms with E-state index in [2.05, 4.69) is 10.3 Å². The number of benzene rings is 2. The van der Waals surface area contributed by atoms with Crippen molar-refractivity contribution in [2.75, 3.05) is 24.2 Å². The summed E-state index contributed by atoms with van der Waals surface area (Å²) in [6.45, 7) is 1.41. The maximum absolute atomic E-state index is 12.7. The van der Waals surface area contributed by atoms with Gasteiger partial charge in [0.15, 0.2) is 0 Å². The first-order valence-corrected chi connectivity index (χ1v) is 11.6. The van der Waals surface area contributed by atoms with Gasteiger partial charge in [0.25, 0.3) is 5.69 Å². The number of rotatable bonds is 9. The highest BCUT2D eigenvalue weighted by atomic mass is 32.2. The standard InChI is InChI=1S/C21H23N5O6S/c1-15-22-10-11-24(15)18-7-5-4-6-16(18)13-23-21(27)14-25(33(3,30)31)19-12-17(26(28)29)8-9-20(19)32-2/h4-12H,13-14H2,1-3H3,(H,23,27). The number of ether oxygens (including phenoxy) is 1. The largest absolute Gasteiger partial charge is 0.495 e. The van der Waals surface area contributed by atoms with Crippen LogP contribution >= 0.6 is 0 Å². The van der Waals surface area contributed by atoms with E-state index in [0.29, 0.717) is 0 Å². The molecule has 0 aliphatic carbocycles. The van der Waals surface area contributed by atoms with Gasteiger partial charge in [-0.2, -0.15) is 0 Å². The summed E-state index contributed by atoms with van der Waals surface area (Å²) in [7, 11) is -2.66. The molecule has 0 saturated carbocycles. The number of hydrogen-bond donors (Lipinski definition) is 1. The number of nitro groups is 1. The zero-order valence-corrected chi connectivity index (χ0v) is 19.1. The SMILES string of the molecule is COc1ccc([N+](=O)[O-])cc1N(CC(=O)NCc1ccccc1-n1ccnc1C)S(C)(=O)=O. The van der Waals surface area contributed by atoms with Gasteiger partial charge < -0.3 is 14.6 Å². The second-order valence-electron chi connectivity index (χ2n) is 7.13. The maximum atomic E-state index is 12.7. The molecule has 1 heterocycles. The van der Waals surface area contributed by atoms with Crippen molar-refractivity contribution in [2.24, 2.45) is 0 Å². The summed E-state index contributed by atoms with van der Waals surface area (Å²) in [6, 6.07) is 10.9. The minimum atomic E-state index is -3.96. The van der Waals surface area contributed by atoms with Crippen molar-refractivity contribution in [2.45, 2.75) is 13.5 Å². The van der Waals surface area contributed by atoms with E-state index in [1.165, 1.54) is 19.2 Å². The van der Waals surface area contributed by atoms with E-state index < -0.39 is 27.4 Å². The summed E-state index contributed by atoms with van der Waals surface area (Å²) in [5.74, 6) is 0.265. The molecule has 33 heavy (non-hydrogen) atoms. The summed E-state index contributed by atoms with van der Waals surface area (Å²) in [5, 5.41) is 13.9. The summed E-state index contributed by atoms with van der Waals surface area (Å²) in [5.41, 5.74) is 1.20. The highest BCUT2D eigenvalue weighted by Gasteiger charge is 2.26. The first-order chi connectivity index (χ1) is 15.6. The van der Waals surface area contributed by atoms with Crippen LogP contribution in [0.2, 0.25) is 0 Å². The van der Waals surface area contributed by atoms with Crippen molar-refractivity contribution in [3.05, 3.63) is 76.4 Å². The number of para-hydroxylation sites is 1. The van der Waals surface area contributed by atoms with Crippen LogP contribution in [0.25, 0.3) is 5.69 Å². The third-order valence-corrected chi connectivity index (χ3v) is 6.01. The van der Waals surface area contributed by atoms with Gasteiger partial charge in [-0.15, -0.1) is 0 Å². The average molecular weight is 474 g/mol. The molecule has 0 saturated heterocycles. The lowest BCUT2D eigenvalue weighted by atomic mass is 10.1. The number of carbonyl (C=O) groups is 1. The van der Waals surface area contributed by atoms with E-state index >= 15 is 0 Å². The Hall–Kier alpha value is -3.93. The van der Waals surface area contributed by atoms with Crippen LogP contribution in [0, 0.1) is 17.0 Å². The van der Waals surface area contributed by atoms with Gasteiger partial charge in [-0.05, 0) is 24.6 Å². The molecule has 0 fully saturated rings. The van der Waals surface area contributed by atoms with Crippen LogP contribution < -0.4 is 14.4 Å². The first kappa shape index (κ1) is 23.7. The lowest BCUT2D eigenvalue weighted by Crippen LogP contribution is -2.40. The fraction of sp³-hybridized carbons (Fsp3) is 0.238. The van der Waals surface area contributed by atoms with Crippen molar-refractivity contribution in [1.82, 2.24) is 14.9 Å². The van der Waals surface area contributed by atoms with Crippen molar-refractivity contribution in [1.29, 1.82) is 0 Å². The summed E-state index contributed by atoms with van der Waals surface area (Å²) >= 11 is 0. The number of anilines is 1. The molecule has 0 aliphatic rings. The van der Waals surface area contributed by atoms with Crippen LogP contribution in [0.1, 0.15) is 11.4 Å². The van der Waals surface area contributed by atoms with Crippen LogP contribution in [0.5, 0.6) is 5.75 Å². The first-order valence-electron chi connectivity index (χ1n) is 9.77. The van der Waals surface area contributed by atoms with Crippen molar-refractivity contribution < 1.29 is 22.9 Å². The second-order valence-corrected chi connectivity index (χ2v) is 9.04. The molecule has 11 nitrogen and oxygen atoms in total. The molecular formula is C21H23N5O6S. The highest BCUT2D eigenvalue weighted by molar-refractivity contribution is 7.92. The van der Waals surface area contributed by atoms with E-state index in [1.54, 1.807) is 12.4 Å². The molecule has 0 unspecified atom stereocenters. The Morgan fingerprint density at radius 1 is 1.27 bits per heavy atom. The molecule has 1 N–H and O–H groups in total. The van der Waals surface area contributed by atoms with Gasteiger partial charge in [0.2, 0.25) is 15.9 Å². The number of non-ortho nitro benzene ring substituents is 1. The van der Waals surface area contributed by atoms with Crippen molar-refractivity contribution >= 4 is 27.3 Å². The van der Waals surface area contributed by atoms with E-state index in [4.69, 9.17) is 4.74 Å². The molecule has 1 aromatic heterocycles. The number of aromatic nitrogens is 2. The number of nitrogens with zero attached hydrogens (tertiary/aromatic N) is 4. The molecule has 3 aromatic rings. The second kappa shape index (κ2) is 9.69. The van der Waals surface area contributed by atoms with Crippen LogP contribution in [-0.4, -0.2) is 48.7 Å². The van der Waals surface area contributed by atoms with E-state index in [0.717, 1.165) is 33.7 Å². The zero-order chi connectivity index (χ0) is 24.2. The van der Waals surface area contributed by atoms with Gasteiger partial charge in [-0.3, -0.25) is 19.2 Å². The molecule has 0 radical (unpaired) electrons. The Balaban J connectivity index is 1.84. The van der Waals surface area contributed by atoms with Crippen molar-refractivity contribution in [3.63, 3.8) is 0 Å². The van der Waals surface area contributed by atoms with Crippen LogP contribution in [0.3, 0.4) is 0 Å². The molecule has 0 bridgehead atoms. The maximum Gasteiger partial charge on any atom is 0.271 e. The Bertz CT molecular complexity index is 1290. The van der Waals surface area contributed by atoms with Gasteiger partial charge in [-0.25, -0.2) is 13.4 Å². The average Bonchev–Trinajstić information content (AvgIpc) is 3.20. The topological polar surface area (TPSA) is 137 Å². The van der Waals surface area contributed by atoms with Gasteiger partial charge in [0.05, 0.1) is 24.0 Å². The normalized spacial score (nSPS) is 11.1. The predicted octanol–water partition coefficient (Wildman–Crippen LogP) is 2.18. The summed E-state index contributed by atoms with van der Waals surface area (Å²) in [6.07, 6.45) is 4.38. The van der Waals surface area contributed by atoms with Crippen LogP contribution in [-0.2, 0) is 21.4 Å². The molecule has 3 rings (SSSR count). The predicted molar refractivity (Wildman–Crippen MR) is 122 cm³/mol. The van der Waals surface area contributed by atoms with E-state index in [1.807, 2.05) is 35.8 Å². The number of amides is 1. The third-order valence-electron chi connectivity index (χ3n) is 4.88. The van der Waals surface area contributed by atoms with Crippen molar-refractivity contribution in [3.8, 4) is 11.4 Å². The smallest absolute Gasteiger partial charge is 0.271 e. The fourth-order valence-electron chi connectivity index (χ4n) is 3.28. The lowest BCUT2D eigenvalue weighted by molar-refractivity contribution is -0.384. The highest BCUT2D eigenvalue weighted by Crippen LogP contribution is 2.33. The molecule has 2 aromatic carbocycles. The summed E-state index contributed by atoms with van der Waals surface area (Å²) in [4.78, 5) is 27.4. The number of hydrogen-bond acceptors (Lipinski definition) is 7. The van der Waals surface area contributed by atoms with Gasteiger partial charge in [0.1, 0.15) is 23.8 Å². The van der Waals surface area contributed by atoms with Crippen LogP contribution in [0.4, 0.5) is 11.4 Å². The quantitative estimate of drug-likeness (QED) is 0.371. The summed E-state index contributed by atoms with van der Waals surface area (Å²) < 4.78 is 32.7. The van der Waals surface area contributed by atoms with Gasteiger partial charge in [0, 0.05) is 31.1 Å². The molecular weight excluding hydrogens is 450 g/mol. The Kier molecular flexibility index (Phi) is 6.97.